The van der Waals surface area contributed by atoms with Crippen molar-refractivity contribution < 1.29 is 4.79 Å². The van der Waals surface area contributed by atoms with Crippen molar-refractivity contribution in [2.45, 2.75) is 26.7 Å². The van der Waals surface area contributed by atoms with E-state index in [1.165, 1.54) is 0 Å². The maximum absolute atomic E-state index is 11.7. The van der Waals surface area contributed by atoms with Gasteiger partial charge in [0.25, 0.3) is 0 Å². The van der Waals surface area contributed by atoms with E-state index in [0.717, 1.165) is 13.0 Å². The molecular weight excluding hydrogens is 238 g/mol. The molecule has 1 aromatic rings. The first-order chi connectivity index (χ1) is 9.13. The van der Waals surface area contributed by atoms with Crippen molar-refractivity contribution in [1.82, 2.24) is 5.32 Å². The van der Waals surface area contributed by atoms with Gasteiger partial charge in [-0.25, -0.2) is 0 Å². The number of nitrogens with zero attached hydrogens (tertiary/aromatic N) is 1. The number of anilines is 1. The minimum atomic E-state index is -0.0697. The fraction of sp³-hybridized carbons (Fsp3) is 0.467. The van der Waals surface area contributed by atoms with E-state index in [1.54, 1.807) is 24.3 Å². The van der Waals surface area contributed by atoms with Gasteiger partial charge in [0.1, 0.15) is 6.07 Å². The Hall–Kier alpha value is -1.86. The van der Waals surface area contributed by atoms with Gasteiger partial charge in [0, 0.05) is 13.0 Å². The molecule has 1 rings (SSSR count). The van der Waals surface area contributed by atoms with Gasteiger partial charge in [0.2, 0.25) is 5.91 Å². The molecule has 0 radical (unpaired) electrons. The van der Waals surface area contributed by atoms with Crippen LogP contribution in [0, 0.1) is 17.2 Å². The lowest BCUT2D eigenvalue weighted by Crippen LogP contribution is -2.23. The van der Waals surface area contributed by atoms with Crippen molar-refractivity contribution in [2.75, 3.05) is 18.4 Å². The number of hydrogen-bond acceptors (Lipinski definition) is 3. The van der Waals surface area contributed by atoms with Gasteiger partial charge in [-0.2, -0.15) is 5.26 Å². The van der Waals surface area contributed by atoms with E-state index in [2.05, 4.69) is 30.6 Å². The molecule has 2 N–H and O–H groups in total. The number of nitriles is 1. The maximum atomic E-state index is 11.7. The number of amides is 1. The third kappa shape index (κ3) is 6.03. The molecule has 0 aromatic heterocycles. The van der Waals surface area contributed by atoms with Gasteiger partial charge in [-0.1, -0.05) is 26.0 Å². The summed E-state index contributed by atoms with van der Waals surface area (Å²) in [6, 6.07) is 9.07. The van der Waals surface area contributed by atoms with Crippen LogP contribution in [0.25, 0.3) is 0 Å². The number of carbonyl (C=O) groups is 1. The number of nitrogens with one attached hydrogen (secondary N) is 2. The van der Waals surface area contributed by atoms with Crippen LogP contribution in [0.1, 0.15) is 32.3 Å². The molecule has 0 heterocycles. The summed E-state index contributed by atoms with van der Waals surface area (Å²) in [7, 11) is 0. The second kappa shape index (κ2) is 8.28. The molecule has 0 aliphatic carbocycles. The van der Waals surface area contributed by atoms with Gasteiger partial charge in [-0.05, 0) is 31.0 Å². The van der Waals surface area contributed by atoms with E-state index >= 15 is 0 Å². The zero-order valence-corrected chi connectivity index (χ0v) is 11.6. The van der Waals surface area contributed by atoms with E-state index in [0.29, 0.717) is 30.1 Å². The van der Waals surface area contributed by atoms with Crippen molar-refractivity contribution in [3.05, 3.63) is 29.8 Å². The zero-order chi connectivity index (χ0) is 14.1. The van der Waals surface area contributed by atoms with Crippen molar-refractivity contribution in [2.24, 2.45) is 5.92 Å². The van der Waals surface area contributed by atoms with E-state index in [-0.39, 0.29) is 5.91 Å². The summed E-state index contributed by atoms with van der Waals surface area (Å²) in [6.07, 6.45) is 1.52. The lowest BCUT2D eigenvalue weighted by Gasteiger charge is -2.08. The number of carbonyl (C=O) groups excluding carboxylic acids is 1. The van der Waals surface area contributed by atoms with Crippen LogP contribution >= 0.6 is 0 Å². The number of rotatable bonds is 7. The normalized spacial score (nSPS) is 10.2. The third-order valence-electron chi connectivity index (χ3n) is 2.75. The Kier molecular flexibility index (Phi) is 6.62. The highest BCUT2D eigenvalue weighted by atomic mass is 16.1. The molecule has 1 aromatic carbocycles. The standard InChI is InChI=1S/C15H21N3O/c1-12(2)7-9-17-10-8-15(19)18-14-6-4-3-5-13(14)11-16/h3-6,12,17H,7-10H2,1-2H3,(H,18,19). The first-order valence-electron chi connectivity index (χ1n) is 6.63. The summed E-state index contributed by atoms with van der Waals surface area (Å²) in [5, 5.41) is 14.9. The highest BCUT2D eigenvalue weighted by Gasteiger charge is 2.05. The Labute approximate surface area is 114 Å². The predicted octanol–water partition coefficient (Wildman–Crippen LogP) is 2.52. The second-order valence-corrected chi connectivity index (χ2v) is 4.89. The van der Waals surface area contributed by atoms with Crippen LogP contribution in [0.3, 0.4) is 0 Å². The SMILES string of the molecule is CC(C)CCNCCC(=O)Nc1ccccc1C#N. The van der Waals surface area contributed by atoms with Gasteiger partial charge in [0.15, 0.2) is 0 Å². The van der Waals surface area contributed by atoms with Gasteiger partial charge in [-0.3, -0.25) is 4.79 Å². The average molecular weight is 259 g/mol. The Bertz CT molecular complexity index is 449. The average Bonchev–Trinajstić information content (AvgIpc) is 2.38. The largest absolute Gasteiger partial charge is 0.325 e. The van der Waals surface area contributed by atoms with Crippen LogP contribution in [0.2, 0.25) is 0 Å². The quantitative estimate of drug-likeness (QED) is 0.739. The monoisotopic (exact) mass is 259 g/mol. The second-order valence-electron chi connectivity index (χ2n) is 4.89. The van der Waals surface area contributed by atoms with Crippen molar-refractivity contribution in [3.8, 4) is 6.07 Å². The first-order valence-corrected chi connectivity index (χ1v) is 6.63. The molecule has 0 atom stereocenters. The summed E-state index contributed by atoms with van der Waals surface area (Å²) in [5.41, 5.74) is 1.07. The van der Waals surface area contributed by atoms with Crippen LogP contribution in [0.4, 0.5) is 5.69 Å². The zero-order valence-electron chi connectivity index (χ0n) is 11.6. The Balaban J connectivity index is 2.30. The molecule has 0 unspecified atom stereocenters. The molecule has 0 aliphatic rings. The van der Waals surface area contributed by atoms with Crippen LogP contribution in [0.15, 0.2) is 24.3 Å². The van der Waals surface area contributed by atoms with Crippen molar-refractivity contribution in [3.63, 3.8) is 0 Å². The number of hydrogen-bond donors (Lipinski definition) is 2. The number of benzene rings is 1. The maximum Gasteiger partial charge on any atom is 0.225 e. The fourth-order valence-corrected chi connectivity index (χ4v) is 1.62. The molecule has 0 spiro atoms. The lowest BCUT2D eigenvalue weighted by atomic mass is 10.1. The molecular formula is C15H21N3O. The minimum absolute atomic E-state index is 0.0697. The summed E-state index contributed by atoms with van der Waals surface area (Å²) < 4.78 is 0. The number of para-hydroxylation sites is 1. The van der Waals surface area contributed by atoms with Gasteiger partial charge in [-0.15, -0.1) is 0 Å². The van der Waals surface area contributed by atoms with Gasteiger partial charge < -0.3 is 10.6 Å². The molecule has 4 heteroatoms. The van der Waals surface area contributed by atoms with Crippen LogP contribution < -0.4 is 10.6 Å². The molecule has 0 bridgehead atoms. The van der Waals surface area contributed by atoms with Crippen molar-refractivity contribution in [1.29, 1.82) is 5.26 Å². The topological polar surface area (TPSA) is 64.9 Å². The Morgan fingerprint density at radius 3 is 2.74 bits per heavy atom. The molecule has 0 saturated heterocycles. The molecule has 102 valence electrons. The van der Waals surface area contributed by atoms with E-state index in [1.807, 2.05) is 0 Å². The highest BCUT2D eigenvalue weighted by molar-refractivity contribution is 5.92. The molecule has 0 aliphatic heterocycles. The molecule has 0 fully saturated rings. The Morgan fingerprint density at radius 1 is 1.32 bits per heavy atom. The van der Waals surface area contributed by atoms with E-state index < -0.39 is 0 Å². The lowest BCUT2D eigenvalue weighted by molar-refractivity contribution is -0.116. The third-order valence-corrected chi connectivity index (χ3v) is 2.75. The van der Waals surface area contributed by atoms with Gasteiger partial charge in [0.05, 0.1) is 11.3 Å². The minimum Gasteiger partial charge on any atom is -0.325 e. The van der Waals surface area contributed by atoms with Crippen LogP contribution in [-0.2, 0) is 4.79 Å². The van der Waals surface area contributed by atoms with E-state index in [9.17, 15) is 4.79 Å². The fourth-order valence-electron chi connectivity index (χ4n) is 1.62. The van der Waals surface area contributed by atoms with E-state index in [4.69, 9.17) is 5.26 Å². The summed E-state index contributed by atoms with van der Waals surface area (Å²) in [4.78, 5) is 11.7. The van der Waals surface area contributed by atoms with Crippen LogP contribution in [-0.4, -0.2) is 19.0 Å². The Morgan fingerprint density at radius 2 is 2.05 bits per heavy atom. The molecule has 0 saturated carbocycles. The summed E-state index contributed by atoms with van der Waals surface area (Å²) >= 11 is 0. The van der Waals surface area contributed by atoms with Crippen LogP contribution in [0.5, 0.6) is 0 Å². The summed E-state index contributed by atoms with van der Waals surface area (Å²) in [5.74, 6) is 0.601. The van der Waals surface area contributed by atoms with Gasteiger partial charge >= 0.3 is 0 Å². The first kappa shape index (κ1) is 15.2. The molecule has 1 amide bonds. The predicted molar refractivity (Wildman–Crippen MR) is 76.7 cm³/mol. The molecule has 4 nitrogen and oxygen atoms in total. The summed E-state index contributed by atoms with van der Waals surface area (Å²) in [6.45, 7) is 5.94. The molecule has 19 heavy (non-hydrogen) atoms. The highest BCUT2D eigenvalue weighted by Crippen LogP contribution is 2.13. The van der Waals surface area contributed by atoms with Crippen molar-refractivity contribution >= 4 is 11.6 Å². The smallest absolute Gasteiger partial charge is 0.225 e.